The molecule has 0 saturated carbocycles. The summed E-state index contributed by atoms with van der Waals surface area (Å²) in [5.74, 6) is 1.10. The first kappa shape index (κ1) is 12.3. The lowest BCUT2D eigenvalue weighted by molar-refractivity contribution is 0.613. The maximum absolute atomic E-state index is 13.5. The molecule has 1 aromatic carbocycles. The molecule has 2 aromatic heterocycles. The predicted molar refractivity (Wildman–Crippen MR) is 72.9 cm³/mol. The van der Waals surface area contributed by atoms with E-state index in [0.29, 0.717) is 23.7 Å². The van der Waals surface area contributed by atoms with Crippen LogP contribution in [0.2, 0.25) is 0 Å². The number of nitrogens with one attached hydrogen (secondary N) is 1. The number of aromatic nitrogens is 4. The van der Waals surface area contributed by atoms with Crippen LogP contribution in [0.1, 0.15) is 5.56 Å². The van der Waals surface area contributed by atoms with E-state index in [-0.39, 0.29) is 5.82 Å². The van der Waals surface area contributed by atoms with Crippen LogP contribution in [0, 0.1) is 5.82 Å². The fraction of sp³-hybridized carbons (Fsp3) is 0.0714. The Kier molecular flexibility index (Phi) is 3.36. The van der Waals surface area contributed by atoms with Crippen LogP contribution < -0.4 is 5.32 Å². The van der Waals surface area contributed by atoms with Crippen molar-refractivity contribution in [3.05, 3.63) is 66.8 Å². The number of anilines is 1. The third-order valence-corrected chi connectivity index (χ3v) is 2.84. The summed E-state index contributed by atoms with van der Waals surface area (Å²) in [7, 11) is 0. The standard InChI is InChI=1S/C14H12FN5/c15-12-4-2-1-3-11(12)8-17-13-7-14(19-9-18-13)20-6-5-16-10-20/h1-7,9-10H,8H2,(H,17,18,19). The van der Waals surface area contributed by atoms with Crippen LogP contribution in [0.25, 0.3) is 5.82 Å². The van der Waals surface area contributed by atoms with E-state index >= 15 is 0 Å². The van der Waals surface area contributed by atoms with Gasteiger partial charge in [0.05, 0.1) is 0 Å². The molecule has 2 heterocycles. The monoisotopic (exact) mass is 269 g/mol. The lowest BCUT2D eigenvalue weighted by Crippen LogP contribution is -2.05. The van der Waals surface area contributed by atoms with Crippen molar-refractivity contribution in [2.24, 2.45) is 0 Å². The Balaban J connectivity index is 1.75. The number of halogens is 1. The lowest BCUT2D eigenvalue weighted by atomic mass is 10.2. The average molecular weight is 269 g/mol. The van der Waals surface area contributed by atoms with Gasteiger partial charge in [0.2, 0.25) is 0 Å². The fourth-order valence-corrected chi connectivity index (χ4v) is 1.81. The highest BCUT2D eigenvalue weighted by Gasteiger charge is 2.03. The molecule has 3 rings (SSSR count). The molecule has 1 N–H and O–H groups in total. The largest absolute Gasteiger partial charge is 0.366 e. The molecule has 0 aliphatic rings. The summed E-state index contributed by atoms with van der Waals surface area (Å²) in [6.45, 7) is 0.368. The smallest absolute Gasteiger partial charge is 0.143 e. The van der Waals surface area contributed by atoms with Gasteiger partial charge in [-0.2, -0.15) is 0 Å². The first-order valence-corrected chi connectivity index (χ1v) is 6.10. The van der Waals surface area contributed by atoms with Gasteiger partial charge in [-0.3, -0.25) is 4.57 Å². The van der Waals surface area contributed by atoms with Crippen molar-refractivity contribution >= 4 is 5.82 Å². The highest BCUT2D eigenvalue weighted by Crippen LogP contribution is 2.12. The van der Waals surface area contributed by atoms with Crippen LogP contribution in [-0.2, 0) is 6.54 Å². The summed E-state index contributed by atoms with van der Waals surface area (Å²) in [6, 6.07) is 8.42. The van der Waals surface area contributed by atoms with Crippen LogP contribution in [0.3, 0.4) is 0 Å². The average Bonchev–Trinajstić information content (AvgIpc) is 3.01. The van der Waals surface area contributed by atoms with Crippen molar-refractivity contribution < 1.29 is 4.39 Å². The van der Waals surface area contributed by atoms with Crippen LogP contribution in [0.4, 0.5) is 10.2 Å². The number of hydrogen-bond donors (Lipinski definition) is 1. The molecule has 100 valence electrons. The number of benzene rings is 1. The molecule has 0 atom stereocenters. The molecule has 6 heteroatoms. The third-order valence-electron chi connectivity index (χ3n) is 2.84. The molecule has 0 fully saturated rings. The van der Waals surface area contributed by atoms with Crippen molar-refractivity contribution in [2.45, 2.75) is 6.54 Å². The Morgan fingerprint density at radius 3 is 2.90 bits per heavy atom. The Labute approximate surface area is 115 Å². The molecule has 5 nitrogen and oxygen atoms in total. The van der Waals surface area contributed by atoms with Gasteiger partial charge in [-0.15, -0.1) is 0 Å². The van der Waals surface area contributed by atoms with Gasteiger partial charge in [0, 0.05) is 30.6 Å². The molecule has 0 amide bonds. The maximum Gasteiger partial charge on any atom is 0.143 e. The van der Waals surface area contributed by atoms with Crippen molar-refractivity contribution in [3.8, 4) is 5.82 Å². The maximum atomic E-state index is 13.5. The quantitative estimate of drug-likeness (QED) is 0.790. The van der Waals surface area contributed by atoms with E-state index in [9.17, 15) is 4.39 Å². The summed E-state index contributed by atoms with van der Waals surface area (Å²) in [5, 5.41) is 3.08. The minimum absolute atomic E-state index is 0.233. The Bertz CT molecular complexity index is 696. The molecule has 0 aliphatic carbocycles. The van der Waals surface area contributed by atoms with E-state index in [1.54, 1.807) is 47.6 Å². The van der Waals surface area contributed by atoms with Crippen molar-refractivity contribution in [1.82, 2.24) is 19.5 Å². The van der Waals surface area contributed by atoms with Gasteiger partial charge < -0.3 is 5.32 Å². The zero-order chi connectivity index (χ0) is 13.8. The molecule has 20 heavy (non-hydrogen) atoms. The summed E-state index contributed by atoms with van der Waals surface area (Å²) in [6.07, 6.45) is 6.58. The van der Waals surface area contributed by atoms with E-state index in [2.05, 4.69) is 20.3 Å². The van der Waals surface area contributed by atoms with Crippen LogP contribution in [-0.4, -0.2) is 19.5 Å². The van der Waals surface area contributed by atoms with E-state index < -0.39 is 0 Å². The van der Waals surface area contributed by atoms with Crippen LogP contribution in [0.5, 0.6) is 0 Å². The molecule has 0 aliphatic heterocycles. The zero-order valence-corrected chi connectivity index (χ0v) is 10.6. The third kappa shape index (κ3) is 2.64. The van der Waals surface area contributed by atoms with E-state index in [1.807, 2.05) is 0 Å². The molecular weight excluding hydrogens is 257 g/mol. The molecule has 0 spiro atoms. The summed E-state index contributed by atoms with van der Waals surface area (Å²) >= 11 is 0. The summed E-state index contributed by atoms with van der Waals surface area (Å²) < 4.78 is 15.3. The second-order valence-corrected chi connectivity index (χ2v) is 4.18. The molecule has 0 radical (unpaired) electrons. The lowest BCUT2D eigenvalue weighted by Gasteiger charge is -2.08. The predicted octanol–water partition coefficient (Wildman–Crippen LogP) is 2.41. The van der Waals surface area contributed by atoms with E-state index in [1.165, 1.54) is 12.4 Å². The molecule has 0 bridgehead atoms. The van der Waals surface area contributed by atoms with E-state index in [4.69, 9.17) is 0 Å². The highest BCUT2D eigenvalue weighted by atomic mass is 19.1. The first-order chi connectivity index (χ1) is 9.83. The topological polar surface area (TPSA) is 55.6 Å². The number of rotatable bonds is 4. The zero-order valence-electron chi connectivity index (χ0n) is 10.6. The van der Waals surface area contributed by atoms with Gasteiger partial charge in [-0.1, -0.05) is 18.2 Å². The Morgan fingerprint density at radius 2 is 2.10 bits per heavy atom. The van der Waals surface area contributed by atoms with Gasteiger partial charge in [0.15, 0.2) is 0 Å². The molecule has 0 unspecified atom stereocenters. The molecule has 0 saturated heterocycles. The minimum atomic E-state index is -0.233. The second kappa shape index (κ2) is 5.48. The van der Waals surface area contributed by atoms with Crippen LogP contribution >= 0.6 is 0 Å². The number of imidazole rings is 1. The minimum Gasteiger partial charge on any atom is -0.366 e. The first-order valence-electron chi connectivity index (χ1n) is 6.10. The van der Waals surface area contributed by atoms with Crippen molar-refractivity contribution in [2.75, 3.05) is 5.32 Å². The van der Waals surface area contributed by atoms with Gasteiger partial charge in [-0.05, 0) is 6.07 Å². The highest BCUT2D eigenvalue weighted by molar-refractivity contribution is 5.41. The van der Waals surface area contributed by atoms with E-state index in [0.717, 1.165) is 0 Å². The SMILES string of the molecule is Fc1ccccc1CNc1cc(-n2ccnc2)ncn1. The van der Waals surface area contributed by atoms with Gasteiger partial charge in [-0.25, -0.2) is 19.3 Å². The normalized spacial score (nSPS) is 10.4. The van der Waals surface area contributed by atoms with Gasteiger partial charge >= 0.3 is 0 Å². The molecular formula is C14H12FN5. The van der Waals surface area contributed by atoms with Gasteiger partial charge in [0.1, 0.15) is 30.1 Å². The van der Waals surface area contributed by atoms with Gasteiger partial charge in [0.25, 0.3) is 0 Å². The number of nitrogens with zero attached hydrogens (tertiary/aromatic N) is 4. The van der Waals surface area contributed by atoms with Crippen molar-refractivity contribution in [1.29, 1.82) is 0 Å². The summed E-state index contributed by atoms with van der Waals surface area (Å²) in [5.41, 5.74) is 0.593. The second-order valence-electron chi connectivity index (χ2n) is 4.18. The number of hydrogen-bond acceptors (Lipinski definition) is 4. The Morgan fingerprint density at radius 1 is 1.20 bits per heavy atom. The molecule has 3 aromatic rings. The Hall–Kier alpha value is -2.76. The van der Waals surface area contributed by atoms with Crippen LogP contribution in [0.15, 0.2) is 55.4 Å². The van der Waals surface area contributed by atoms with Crippen molar-refractivity contribution in [3.63, 3.8) is 0 Å². The summed E-state index contributed by atoms with van der Waals surface area (Å²) in [4.78, 5) is 12.2. The fourth-order valence-electron chi connectivity index (χ4n) is 1.81.